The molecule has 0 fully saturated rings. The maximum absolute atomic E-state index is 13.2. The molecule has 3 rings (SSSR count). The molecule has 146 valence electrons. The van der Waals surface area contributed by atoms with E-state index in [1.807, 2.05) is 0 Å². The number of fused-ring (bicyclic) bond motifs is 1. The van der Waals surface area contributed by atoms with E-state index in [9.17, 15) is 22.4 Å². The maximum atomic E-state index is 13.2. The molecule has 0 unspecified atom stereocenters. The molecule has 0 aliphatic rings. The van der Waals surface area contributed by atoms with Crippen molar-refractivity contribution in [3.63, 3.8) is 0 Å². The average Bonchev–Trinajstić information content (AvgIpc) is 3.03. The highest BCUT2D eigenvalue weighted by Crippen LogP contribution is 2.18. The number of hydrogen-bond acceptors (Lipinski definition) is 5. The van der Waals surface area contributed by atoms with Crippen molar-refractivity contribution in [1.29, 1.82) is 0 Å². The van der Waals surface area contributed by atoms with Crippen molar-refractivity contribution in [3.8, 4) is 0 Å². The highest BCUT2D eigenvalue weighted by Gasteiger charge is 2.18. The summed E-state index contributed by atoms with van der Waals surface area (Å²) >= 11 is 0. The summed E-state index contributed by atoms with van der Waals surface area (Å²) in [5.41, 5.74) is 1.09. The van der Waals surface area contributed by atoms with Crippen molar-refractivity contribution in [2.75, 3.05) is 12.4 Å². The molecular formula is C18H16FN3O5S. The van der Waals surface area contributed by atoms with Gasteiger partial charge in [-0.25, -0.2) is 22.3 Å². The monoisotopic (exact) mass is 405 g/mol. The second-order valence-corrected chi connectivity index (χ2v) is 7.50. The van der Waals surface area contributed by atoms with E-state index < -0.39 is 16.1 Å². The van der Waals surface area contributed by atoms with E-state index in [4.69, 9.17) is 0 Å². The van der Waals surface area contributed by atoms with Crippen LogP contribution in [0, 0.1) is 5.82 Å². The first-order valence-electron chi connectivity index (χ1n) is 8.03. The molecular weight excluding hydrogens is 389 g/mol. The van der Waals surface area contributed by atoms with Crippen molar-refractivity contribution in [1.82, 2.24) is 9.29 Å². The summed E-state index contributed by atoms with van der Waals surface area (Å²) in [5.74, 6) is -0.698. The van der Waals surface area contributed by atoms with Gasteiger partial charge in [0.25, 0.3) is 10.0 Å². The van der Waals surface area contributed by atoms with Gasteiger partial charge in [0.05, 0.1) is 12.0 Å². The minimum Gasteiger partial charge on any atom is -0.452 e. The number of carbonyl (C=O) groups excluding carboxylic acids is 2. The molecule has 0 aliphatic carbocycles. The largest absolute Gasteiger partial charge is 0.452 e. The molecule has 10 heteroatoms. The number of rotatable bonds is 5. The number of sulfonamides is 1. The zero-order valence-electron chi connectivity index (χ0n) is 14.7. The Hall–Kier alpha value is -3.40. The second-order valence-electron chi connectivity index (χ2n) is 5.82. The van der Waals surface area contributed by atoms with Crippen LogP contribution in [0.4, 0.5) is 14.9 Å². The first-order chi connectivity index (χ1) is 13.3. The molecule has 0 atom stereocenters. The first kappa shape index (κ1) is 19.4. The minimum absolute atomic E-state index is 0.000914. The lowest BCUT2D eigenvalue weighted by Crippen LogP contribution is -2.30. The van der Waals surface area contributed by atoms with E-state index >= 15 is 0 Å². The molecule has 2 N–H and O–H groups in total. The third kappa shape index (κ3) is 4.29. The lowest BCUT2D eigenvalue weighted by Gasteiger charge is -2.09. The van der Waals surface area contributed by atoms with Gasteiger partial charge in [0.2, 0.25) is 5.91 Å². The normalized spacial score (nSPS) is 11.2. The first-order valence-corrected chi connectivity index (χ1v) is 9.52. The third-order valence-electron chi connectivity index (χ3n) is 3.90. The summed E-state index contributed by atoms with van der Waals surface area (Å²) in [5, 5.41) is 3.33. The quantitative estimate of drug-likeness (QED) is 0.678. The number of methoxy groups -OCH3 is 1. The van der Waals surface area contributed by atoms with Crippen LogP contribution in [-0.2, 0) is 26.1 Å². The third-order valence-corrected chi connectivity index (χ3v) is 5.23. The van der Waals surface area contributed by atoms with Gasteiger partial charge < -0.3 is 14.6 Å². The molecule has 2 amide bonds. The van der Waals surface area contributed by atoms with Gasteiger partial charge in [-0.05, 0) is 48.5 Å². The Labute approximate surface area is 160 Å². The molecule has 8 nitrogen and oxygen atoms in total. The van der Waals surface area contributed by atoms with E-state index in [2.05, 4.69) is 10.1 Å². The van der Waals surface area contributed by atoms with Crippen molar-refractivity contribution in [2.45, 2.75) is 11.4 Å². The van der Waals surface area contributed by atoms with Crippen LogP contribution in [0.1, 0.15) is 0 Å². The Bertz CT molecular complexity index is 1140. The summed E-state index contributed by atoms with van der Waals surface area (Å²) < 4.78 is 44.8. The van der Waals surface area contributed by atoms with E-state index in [1.54, 1.807) is 27.6 Å². The molecule has 0 radical (unpaired) electrons. The molecule has 0 aliphatic heterocycles. The number of nitrogens with one attached hydrogen (secondary N) is 2. The van der Waals surface area contributed by atoms with Crippen LogP contribution < -0.4 is 10.0 Å². The van der Waals surface area contributed by atoms with Crippen molar-refractivity contribution < 1.29 is 27.1 Å². The molecule has 1 heterocycles. The van der Waals surface area contributed by atoms with Crippen molar-refractivity contribution >= 4 is 38.6 Å². The van der Waals surface area contributed by atoms with Crippen molar-refractivity contribution in [2.24, 2.45) is 0 Å². The van der Waals surface area contributed by atoms with Gasteiger partial charge in [-0.15, -0.1) is 0 Å². The number of hydrogen-bond donors (Lipinski definition) is 2. The number of amides is 2. The molecule has 0 spiro atoms. The summed E-state index contributed by atoms with van der Waals surface area (Å²) in [4.78, 5) is 23.2. The summed E-state index contributed by atoms with van der Waals surface area (Å²) in [7, 11) is -3.01. The fourth-order valence-corrected chi connectivity index (χ4v) is 3.51. The lowest BCUT2D eigenvalue weighted by molar-refractivity contribution is -0.116. The standard InChI is InChI=1S/C18H16FN3O5S/c1-27-18(24)21-28(25,26)15-5-3-14(4-6-15)20-17(23)11-22-9-8-12-10-13(19)2-7-16(12)22/h2-10H,11H2,1H3,(H,20,23)(H,21,24). The molecule has 0 saturated carbocycles. The van der Waals surface area contributed by atoms with Gasteiger partial charge in [0.1, 0.15) is 12.4 Å². The van der Waals surface area contributed by atoms with Crippen LogP contribution in [-0.4, -0.2) is 32.1 Å². The Balaban J connectivity index is 1.68. The number of halogens is 1. The number of aromatic nitrogens is 1. The lowest BCUT2D eigenvalue weighted by atomic mass is 10.2. The van der Waals surface area contributed by atoms with E-state index in [1.165, 1.54) is 36.4 Å². The predicted molar refractivity (Wildman–Crippen MR) is 99.7 cm³/mol. The van der Waals surface area contributed by atoms with Crippen LogP contribution in [0.5, 0.6) is 0 Å². The molecule has 2 aromatic carbocycles. The number of anilines is 1. The highest BCUT2D eigenvalue weighted by atomic mass is 32.2. The number of nitrogens with zero attached hydrogens (tertiary/aromatic N) is 1. The van der Waals surface area contributed by atoms with Gasteiger partial charge in [0, 0.05) is 22.8 Å². The fraction of sp³-hybridized carbons (Fsp3) is 0.111. The number of carbonyl (C=O) groups is 2. The number of ether oxygens (including phenoxy) is 1. The summed E-state index contributed by atoms with van der Waals surface area (Å²) in [6.07, 6.45) is 0.578. The minimum atomic E-state index is -4.06. The van der Waals surface area contributed by atoms with E-state index in [0.717, 1.165) is 7.11 Å². The van der Waals surface area contributed by atoms with Gasteiger partial charge >= 0.3 is 6.09 Å². The molecule has 0 bridgehead atoms. The molecule has 28 heavy (non-hydrogen) atoms. The van der Waals surface area contributed by atoms with Crippen LogP contribution in [0.15, 0.2) is 59.6 Å². The topological polar surface area (TPSA) is 106 Å². The molecule has 3 aromatic rings. The van der Waals surface area contributed by atoms with Crippen LogP contribution >= 0.6 is 0 Å². The Morgan fingerprint density at radius 3 is 2.50 bits per heavy atom. The smallest absolute Gasteiger partial charge is 0.420 e. The summed E-state index contributed by atoms with van der Waals surface area (Å²) in [6, 6.07) is 11.3. The van der Waals surface area contributed by atoms with Crippen molar-refractivity contribution in [3.05, 3.63) is 60.5 Å². The highest BCUT2D eigenvalue weighted by molar-refractivity contribution is 7.90. The van der Waals surface area contributed by atoms with E-state index in [-0.39, 0.29) is 23.2 Å². The number of benzene rings is 2. The molecule has 0 saturated heterocycles. The van der Waals surface area contributed by atoms with Gasteiger partial charge in [-0.2, -0.15) is 0 Å². The fourth-order valence-electron chi connectivity index (χ4n) is 2.59. The van der Waals surface area contributed by atoms with Gasteiger partial charge in [0.15, 0.2) is 0 Å². The Kier molecular flexibility index (Phi) is 5.32. The zero-order valence-corrected chi connectivity index (χ0v) is 15.5. The van der Waals surface area contributed by atoms with Gasteiger partial charge in [-0.1, -0.05) is 0 Å². The van der Waals surface area contributed by atoms with E-state index in [0.29, 0.717) is 16.6 Å². The SMILES string of the molecule is COC(=O)NS(=O)(=O)c1ccc(NC(=O)Cn2ccc3cc(F)ccc32)cc1. The average molecular weight is 405 g/mol. The predicted octanol–water partition coefficient (Wildman–Crippen LogP) is 2.46. The van der Waals surface area contributed by atoms with Crippen LogP contribution in [0.2, 0.25) is 0 Å². The maximum Gasteiger partial charge on any atom is 0.420 e. The zero-order chi connectivity index (χ0) is 20.3. The molecule has 1 aromatic heterocycles. The van der Waals surface area contributed by atoms with Gasteiger partial charge in [-0.3, -0.25) is 4.79 Å². The summed E-state index contributed by atoms with van der Waals surface area (Å²) in [6.45, 7) is -0.000914. The van der Waals surface area contributed by atoms with Crippen LogP contribution in [0.25, 0.3) is 10.9 Å². The second kappa shape index (κ2) is 7.69. The Morgan fingerprint density at radius 1 is 1.11 bits per heavy atom. The van der Waals surface area contributed by atoms with Crippen LogP contribution in [0.3, 0.4) is 0 Å². The Morgan fingerprint density at radius 2 is 1.82 bits per heavy atom.